The van der Waals surface area contributed by atoms with E-state index in [1.165, 1.54) is 0 Å². The Labute approximate surface area is 125 Å². The SMILES string of the molecule is CN=C1N[C@](C)(C2=CC(Br)CC=C2F)Cn2cncc21. The van der Waals surface area contributed by atoms with Crippen LogP contribution in [0.3, 0.4) is 0 Å². The maximum atomic E-state index is 14.3. The second-order valence-electron chi connectivity index (χ2n) is 5.32. The zero-order valence-corrected chi connectivity index (χ0v) is 13.0. The summed E-state index contributed by atoms with van der Waals surface area (Å²) in [6, 6.07) is 0. The molecule has 0 fully saturated rings. The normalized spacial score (nSPS) is 31.4. The van der Waals surface area contributed by atoms with Gasteiger partial charge in [0.15, 0.2) is 0 Å². The molecule has 1 unspecified atom stereocenters. The number of hydrogen-bond acceptors (Lipinski definition) is 2. The van der Waals surface area contributed by atoms with Crippen molar-refractivity contribution >= 4 is 21.8 Å². The van der Waals surface area contributed by atoms with E-state index in [0.717, 1.165) is 11.5 Å². The maximum Gasteiger partial charge on any atom is 0.147 e. The van der Waals surface area contributed by atoms with E-state index in [-0.39, 0.29) is 10.7 Å². The molecular weight excluding hydrogens is 323 g/mol. The number of amidine groups is 1. The first-order chi connectivity index (χ1) is 9.53. The molecule has 20 heavy (non-hydrogen) atoms. The Morgan fingerprint density at radius 1 is 1.60 bits per heavy atom. The van der Waals surface area contributed by atoms with E-state index in [1.807, 2.05) is 17.6 Å². The Morgan fingerprint density at radius 3 is 3.15 bits per heavy atom. The minimum absolute atomic E-state index is 0.158. The average Bonchev–Trinajstić information content (AvgIpc) is 2.88. The molecule has 2 aliphatic rings. The zero-order valence-electron chi connectivity index (χ0n) is 11.4. The molecule has 0 amide bonds. The summed E-state index contributed by atoms with van der Waals surface area (Å²) in [5, 5.41) is 3.36. The highest BCUT2D eigenvalue weighted by Crippen LogP contribution is 2.34. The molecule has 0 spiro atoms. The molecule has 1 aliphatic heterocycles. The van der Waals surface area contributed by atoms with Crippen molar-refractivity contribution in [1.29, 1.82) is 0 Å². The second-order valence-corrected chi connectivity index (χ2v) is 6.50. The monoisotopic (exact) mass is 338 g/mol. The predicted molar refractivity (Wildman–Crippen MR) is 80.8 cm³/mol. The standard InChI is InChI=1S/C14H16BrFN4/c1-14(10-5-9(15)3-4-11(10)16)7-20-8-18-6-12(20)13(17-2)19-14/h4-6,8-9H,3,7H2,1-2H3,(H,17,19)/t9?,14-/m0/s1. The summed E-state index contributed by atoms with van der Waals surface area (Å²) in [6.45, 7) is 2.61. The van der Waals surface area contributed by atoms with Crippen LogP contribution in [0.2, 0.25) is 0 Å². The van der Waals surface area contributed by atoms with Gasteiger partial charge in [-0.15, -0.1) is 0 Å². The van der Waals surface area contributed by atoms with Crippen LogP contribution in [0.15, 0.2) is 41.1 Å². The van der Waals surface area contributed by atoms with Gasteiger partial charge in [0.25, 0.3) is 0 Å². The largest absolute Gasteiger partial charge is 0.357 e. The van der Waals surface area contributed by atoms with Crippen molar-refractivity contribution in [3.63, 3.8) is 0 Å². The smallest absolute Gasteiger partial charge is 0.147 e. The van der Waals surface area contributed by atoms with Gasteiger partial charge in [0, 0.05) is 17.4 Å². The highest BCUT2D eigenvalue weighted by atomic mass is 79.9. The molecule has 0 radical (unpaired) electrons. The predicted octanol–water partition coefficient (Wildman–Crippen LogP) is 2.57. The molecule has 1 aromatic rings. The lowest BCUT2D eigenvalue weighted by Crippen LogP contribution is -2.55. The maximum absolute atomic E-state index is 14.3. The van der Waals surface area contributed by atoms with E-state index in [0.29, 0.717) is 18.5 Å². The first-order valence-electron chi connectivity index (χ1n) is 6.51. The molecule has 0 saturated carbocycles. The number of allylic oxidation sites excluding steroid dienone is 2. The molecule has 0 bridgehead atoms. The summed E-state index contributed by atoms with van der Waals surface area (Å²) in [4.78, 5) is 8.58. The number of hydrogen-bond donors (Lipinski definition) is 1. The van der Waals surface area contributed by atoms with Crippen molar-refractivity contribution in [3.8, 4) is 0 Å². The van der Waals surface area contributed by atoms with Crippen molar-refractivity contribution in [1.82, 2.24) is 14.9 Å². The number of imidazole rings is 1. The summed E-state index contributed by atoms with van der Waals surface area (Å²) in [5.41, 5.74) is 1.07. The lowest BCUT2D eigenvalue weighted by Gasteiger charge is -2.39. The summed E-state index contributed by atoms with van der Waals surface area (Å²) < 4.78 is 16.3. The molecule has 1 aliphatic carbocycles. The summed E-state index contributed by atoms with van der Waals surface area (Å²) in [6.07, 6.45) is 7.78. The van der Waals surface area contributed by atoms with Crippen LogP contribution in [0, 0.1) is 0 Å². The zero-order chi connectivity index (χ0) is 14.3. The fourth-order valence-electron chi connectivity index (χ4n) is 2.77. The number of halogens is 2. The Bertz CT molecular complexity index is 631. The molecule has 1 aromatic heterocycles. The van der Waals surface area contributed by atoms with Crippen LogP contribution in [0.1, 0.15) is 19.0 Å². The fourth-order valence-corrected chi connectivity index (χ4v) is 3.23. The number of aromatic nitrogens is 2. The van der Waals surface area contributed by atoms with Gasteiger partial charge in [-0.2, -0.15) is 0 Å². The first kappa shape index (κ1) is 13.5. The molecule has 0 aromatic carbocycles. The van der Waals surface area contributed by atoms with Gasteiger partial charge in [-0.05, 0) is 19.4 Å². The number of rotatable bonds is 1. The van der Waals surface area contributed by atoms with Gasteiger partial charge >= 0.3 is 0 Å². The Morgan fingerprint density at radius 2 is 2.40 bits per heavy atom. The summed E-state index contributed by atoms with van der Waals surface area (Å²) >= 11 is 3.54. The Kier molecular flexibility index (Phi) is 3.28. The van der Waals surface area contributed by atoms with E-state index in [2.05, 4.69) is 31.2 Å². The fraction of sp³-hybridized carbons (Fsp3) is 0.429. The first-order valence-corrected chi connectivity index (χ1v) is 7.43. The number of alkyl halides is 1. The third kappa shape index (κ3) is 2.12. The van der Waals surface area contributed by atoms with Crippen LogP contribution in [0.5, 0.6) is 0 Å². The van der Waals surface area contributed by atoms with Crippen LogP contribution in [-0.2, 0) is 6.54 Å². The van der Waals surface area contributed by atoms with Crippen molar-refractivity contribution in [3.05, 3.63) is 41.8 Å². The van der Waals surface area contributed by atoms with Gasteiger partial charge in [0.1, 0.15) is 17.4 Å². The van der Waals surface area contributed by atoms with E-state index >= 15 is 0 Å². The highest BCUT2D eigenvalue weighted by molar-refractivity contribution is 9.09. The topological polar surface area (TPSA) is 42.2 Å². The minimum Gasteiger partial charge on any atom is -0.357 e. The van der Waals surface area contributed by atoms with Crippen LogP contribution >= 0.6 is 15.9 Å². The number of nitrogens with zero attached hydrogens (tertiary/aromatic N) is 3. The van der Waals surface area contributed by atoms with E-state index in [1.54, 1.807) is 25.6 Å². The van der Waals surface area contributed by atoms with Crippen molar-refractivity contribution in [2.24, 2.45) is 4.99 Å². The summed E-state index contributed by atoms with van der Waals surface area (Å²) in [5.74, 6) is 0.580. The van der Waals surface area contributed by atoms with Crippen LogP contribution in [0.25, 0.3) is 0 Å². The van der Waals surface area contributed by atoms with Crippen molar-refractivity contribution < 1.29 is 4.39 Å². The quantitative estimate of drug-likeness (QED) is 0.799. The van der Waals surface area contributed by atoms with E-state index < -0.39 is 5.54 Å². The lowest BCUT2D eigenvalue weighted by atomic mass is 9.85. The van der Waals surface area contributed by atoms with Gasteiger partial charge in [-0.1, -0.05) is 22.0 Å². The van der Waals surface area contributed by atoms with E-state index in [4.69, 9.17) is 0 Å². The molecule has 1 N–H and O–H groups in total. The van der Waals surface area contributed by atoms with E-state index in [9.17, 15) is 4.39 Å². The lowest BCUT2D eigenvalue weighted by molar-refractivity contribution is 0.382. The minimum atomic E-state index is -0.532. The van der Waals surface area contributed by atoms with Gasteiger partial charge in [0.2, 0.25) is 0 Å². The third-order valence-electron chi connectivity index (χ3n) is 3.78. The van der Waals surface area contributed by atoms with Gasteiger partial charge < -0.3 is 9.88 Å². The van der Waals surface area contributed by atoms with Crippen molar-refractivity contribution in [2.75, 3.05) is 7.05 Å². The highest BCUT2D eigenvalue weighted by Gasteiger charge is 2.38. The molecule has 4 nitrogen and oxygen atoms in total. The Balaban J connectivity index is 2.04. The van der Waals surface area contributed by atoms with Crippen LogP contribution in [0.4, 0.5) is 4.39 Å². The summed E-state index contributed by atoms with van der Waals surface area (Å²) in [7, 11) is 1.72. The molecule has 2 heterocycles. The molecule has 2 atom stereocenters. The number of fused-ring (bicyclic) bond motifs is 1. The molecule has 0 saturated heterocycles. The van der Waals surface area contributed by atoms with Gasteiger partial charge in [0.05, 0.1) is 24.6 Å². The molecule has 6 heteroatoms. The molecule has 106 valence electrons. The second kappa shape index (κ2) is 4.84. The van der Waals surface area contributed by atoms with Crippen molar-refractivity contribution in [2.45, 2.75) is 30.3 Å². The third-order valence-corrected chi connectivity index (χ3v) is 4.42. The molecule has 3 rings (SSSR count). The Hall–Kier alpha value is -1.43. The van der Waals surface area contributed by atoms with Gasteiger partial charge in [-0.3, -0.25) is 4.99 Å². The molecular formula is C14H16BrFN4. The van der Waals surface area contributed by atoms with Crippen LogP contribution < -0.4 is 5.32 Å². The van der Waals surface area contributed by atoms with Crippen LogP contribution in [-0.4, -0.2) is 32.8 Å². The average molecular weight is 339 g/mol. The number of aliphatic imine (C=N–C) groups is 1. The number of nitrogens with one attached hydrogen (secondary N) is 1. The van der Waals surface area contributed by atoms with Gasteiger partial charge in [-0.25, -0.2) is 9.37 Å².